The van der Waals surface area contributed by atoms with Crippen LogP contribution in [-0.4, -0.2) is 88.3 Å². The zero-order chi connectivity index (χ0) is 18.3. The second-order valence-electron chi connectivity index (χ2n) is 5.34. The van der Waals surface area contributed by atoms with Gasteiger partial charge in [0.1, 0.15) is 18.1 Å². The molecule has 0 spiro atoms. The predicted octanol–water partition coefficient (Wildman–Crippen LogP) is -4.03. The van der Waals surface area contributed by atoms with Crippen molar-refractivity contribution >= 4 is 23.7 Å². The molecule has 0 aliphatic carbocycles. The number of aliphatic carboxylic acids is 1. The first-order valence-corrected chi connectivity index (χ1v) is 7.39. The number of hydrogen-bond donors (Lipinski definition) is 6. The summed E-state index contributed by atoms with van der Waals surface area (Å²) in [5.74, 6) is -3.35. The number of likely N-dealkylation sites (tertiary alicyclic amines) is 1. The van der Waals surface area contributed by atoms with Crippen molar-refractivity contribution in [3.63, 3.8) is 0 Å². The summed E-state index contributed by atoms with van der Waals surface area (Å²) in [6.45, 7) is -1.57. The molecule has 11 nitrogen and oxygen atoms in total. The van der Waals surface area contributed by atoms with Crippen LogP contribution in [0.1, 0.15) is 12.8 Å². The Hall–Kier alpha value is -2.24. The molecule has 0 saturated carbocycles. The number of nitrogens with zero attached hydrogens (tertiary/aromatic N) is 1. The van der Waals surface area contributed by atoms with Gasteiger partial charge in [-0.1, -0.05) is 0 Å². The molecule has 1 saturated heterocycles. The molecule has 3 unspecified atom stereocenters. The SMILES string of the molecule is NC(CO)C(=O)NCC(=O)NC(CO)C(=O)N1CCCC1C(=O)O. The maximum Gasteiger partial charge on any atom is 0.326 e. The van der Waals surface area contributed by atoms with Gasteiger partial charge in [-0.05, 0) is 12.8 Å². The Morgan fingerprint density at radius 2 is 1.88 bits per heavy atom. The van der Waals surface area contributed by atoms with Crippen molar-refractivity contribution in [1.82, 2.24) is 15.5 Å². The third-order valence-electron chi connectivity index (χ3n) is 3.59. The number of rotatable bonds is 8. The van der Waals surface area contributed by atoms with Gasteiger partial charge in [0.05, 0.1) is 19.8 Å². The average molecular weight is 346 g/mol. The van der Waals surface area contributed by atoms with Crippen molar-refractivity contribution in [1.29, 1.82) is 0 Å². The summed E-state index contributed by atoms with van der Waals surface area (Å²) in [6.07, 6.45) is 0.826. The van der Waals surface area contributed by atoms with Crippen molar-refractivity contribution < 1.29 is 34.5 Å². The Balaban J connectivity index is 2.57. The summed E-state index contributed by atoms with van der Waals surface area (Å²) in [4.78, 5) is 47.5. The van der Waals surface area contributed by atoms with E-state index in [1.807, 2.05) is 0 Å². The van der Waals surface area contributed by atoms with Crippen LogP contribution in [0, 0.1) is 0 Å². The summed E-state index contributed by atoms with van der Waals surface area (Å²) in [5, 5.41) is 31.4. The molecule has 0 aromatic rings. The smallest absolute Gasteiger partial charge is 0.326 e. The van der Waals surface area contributed by atoms with Gasteiger partial charge in [0, 0.05) is 6.54 Å². The van der Waals surface area contributed by atoms with E-state index in [0.717, 1.165) is 4.90 Å². The topological polar surface area (TPSA) is 182 Å². The van der Waals surface area contributed by atoms with Gasteiger partial charge >= 0.3 is 5.97 Å². The van der Waals surface area contributed by atoms with Gasteiger partial charge in [-0.15, -0.1) is 0 Å². The zero-order valence-electron chi connectivity index (χ0n) is 13.0. The molecule has 0 aromatic heterocycles. The van der Waals surface area contributed by atoms with Crippen LogP contribution in [-0.2, 0) is 19.2 Å². The van der Waals surface area contributed by atoms with E-state index in [9.17, 15) is 24.3 Å². The first kappa shape index (κ1) is 19.8. The highest BCUT2D eigenvalue weighted by atomic mass is 16.4. The van der Waals surface area contributed by atoms with Crippen molar-refractivity contribution in [3.05, 3.63) is 0 Å². The minimum Gasteiger partial charge on any atom is -0.480 e. The van der Waals surface area contributed by atoms with E-state index in [2.05, 4.69) is 10.6 Å². The maximum absolute atomic E-state index is 12.3. The van der Waals surface area contributed by atoms with Gasteiger partial charge in [-0.2, -0.15) is 0 Å². The number of amides is 3. The Labute approximate surface area is 137 Å². The third-order valence-corrected chi connectivity index (χ3v) is 3.59. The quantitative estimate of drug-likeness (QED) is 0.257. The molecule has 1 aliphatic heterocycles. The molecule has 3 amide bonds. The third kappa shape index (κ3) is 5.15. The Morgan fingerprint density at radius 3 is 2.42 bits per heavy atom. The molecule has 1 heterocycles. The number of carboxylic acids is 1. The second kappa shape index (κ2) is 9.15. The Bertz CT molecular complexity index is 499. The lowest BCUT2D eigenvalue weighted by Gasteiger charge is -2.26. The first-order chi connectivity index (χ1) is 11.3. The summed E-state index contributed by atoms with van der Waals surface area (Å²) in [5.41, 5.74) is 5.25. The fourth-order valence-corrected chi connectivity index (χ4v) is 2.30. The fourth-order valence-electron chi connectivity index (χ4n) is 2.30. The molecule has 1 fully saturated rings. The summed E-state index contributed by atoms with van der Waals surface area (Å²) < 4.78 is 0. The summed E-state index contributed by atoms with van der Waals surface area (Å²) in [6, 6.07) is -3.46. The molecular weight excluding hydrogens is 324 g/mol. The van der Waals surface area contributed by atoms with E-state index in [1.54, 1.807) is 0 Å². The molecule has 136 valence electrons. The van der Waals surface area contributed by atoms with E-state index in [-0.39, 0.29) is 6.54 Å². The van der Waals surface area contributed by atoms with Crippen molar-refractivity contribution in [3.8, 4) is 0 Å². The number of hydrogen-bond acceptors (Lipinski definition) is 7. The van der Waals surface area contributed by atoms with Gasteiger partial charge in [-0.3, -0.25) is 14.4 Å². The summed E-state index contributed by atoms with van der Waals surface area (Å²) >= 11 is 0. The average Bonchev–Trinajstić information content (AvgIpc) is 3.05. The van der Waals surface area contributed by atoms with Crippen LogP contribution in [0.2, 0.25) is 0 Å². The van der Waals surface area contributed by atoms with Crippen molar-refractivity contribution in [2.24, 2.45) is 5.73 Å². The molecule has 0 aromatic carbocycles. The van der Waals surface area contributed by atoms with Crippen LogP contribution in [0.4, 0.5) is 0 Å². The molecule has 0 radical (unpaired) electrons. The van der Waals surface area contributed by atoms with Crippen LogP contribution in [0.15, 0.2) is 0 Å². The van der Waals surface area contributed by atoms with Gasteiger partial charge in [0.2, 0.25) is 17.7 Å². The predicted molar refractivity (Wildman–Crippen MR) is 79.5 cm³/mol. The highest BCUT2D eigenvalue weighted by molar-refractivity contribution is 5.92. The fraction of sp³-hybridized carbons (Fsp3) is 0.692. The van der Waals surface area contributed by atoms with E-state index in [4.69, 9.17) is 15.9 Å². The molecule has 3 atom stereocenters. The number of nitrogens with two attached hydrogens (primary N) is 1. The van der Waals surface area contributed by atoms with Crippen molar-refractivity contribution in [2.45, 2.75) is 31.0 Å². The molecular formula is C13H22N4O7. The number of aliphatic hydroxyl groups excluding tert-OH is 2. The van der Waals surface area contributed by atoms with Gasteiger partial charge < -0.3 is 36.6 Å². The normalized spacial score (nSPS) is 19.5. The molecule has 24 heavy (non-hydrogen) atoms. The standard InChI is InChI=1S/C13H22N4O7/c14-7(5-18)11(21)15-4-10(20)16-8(6-19)12(22)17-3-1-2-9(17)13(23)24/h7-9,18-19H,1-6,14H2,(H,15,21)(H,16,20)(H,23,24). The lowest BCUT2D eigenvalue weighted by Crippen LogP contribution is -2.55. The number of carbonyl (C=O) groups excluding carboxylic acids is 3. The number of nitrogens with one attached hydrogen (secondary N) is 2. The van der Waals surface area contributed by atoms with E-state index in [1.165, 1.54) is 0 Å². The number of aliphatic hydroxyl groups is 2. The van der Waals surface area contributed by atoms with Crippen LogP contribution >= 0.6 is 0 Å². The molecule has 1 aliphatic rings. The molecule has 7 N–H and O–H groups in total. The van der Waals surface area contributed by atoms with E-state index < -0.39 is 61.6 Å². The number of carboxylic acid groups (broad SMARTS) is 1. The minimum absolute atomic E-state index is 0.226. The highest BCUT2D eigenvalue weighted by Crippen LogP contribution is 2.18. The zero-order valence-corrected chi connectivity index (χ0v) is 13.0. The first-order valence-electron chi connectivity index (χ1n) is 7.39. The van der Waals surface area contributed by atoms with Crippen molar-refractivity contribution in [2.75, 3.05) is 26.3 Å². The lowest BCUT2D eigenvalue weighted by molar-refractivity contribution is -0.149. The number of carbonyl (C=O) groups is 4. The van der Waals surface area contributed by atoms with Gasteiger partial charge in [0.15, 0.2) is 0 Å². The van der Waals surface area contributed by atoms with Crippen LogP contribution in [0.25, 0.3) is 0 Å². The van der Waals surface area contributed by atoms with Gasteiger partial charge in [0.25, 0.3) is 0 Å². The van der Waals surface area contributed by atoms with Crippen LogP contribution < -0.4 is 16.4 Å². The van der Waals surface area contributed by atoms with Crippen LogP contribution in [0.5, 0.6) is 0 Å². The molecule has 0 bridgehead atoms. The Morgan fingerprint density at radius 1 is 1.21 bits per heavy atom. The molecule has 1 rings (SSSR count). The van der Waals surface area contributed by atoms with Crippen LogP contribution in [0.3, 0.4) is 0 Å². The minimum atomic E-state index is -1.30. The molecule has 11 heteroatoms. The van der Waals surface area contributed by atoms with E-state index >= 15 is 0 Å². The van der Waals surface area contributed by atoms with E-state index in [0.29, 0.717) is 12.8 Å². The summed E-state index contributed by atoms with van der Waals surface area (Å²) in [7, 11) is 0. The monoisotopic (exact) mass is 346 g/mol. The largest absolute Gasteiger partial charge is 0.480 e. The highest BCUT2D eigenvalue weighted by Gasteiger charge is 2.37. The Kier molecular flexibility index (Phi) is 7.55. The van der Waals surface area contributed by atoms with Gasteiger partial charge in [-0.25, -0.2) is 4.79 Å². The maximum atomic E-state index is 12.3. The lowest BCUT2D eigenvalue weighted by atomic mass is 10.2. The second-order valence-corrected chi connectivity index (χ2v) is 5.34.